The van der Waals surface area contributed by atoms with Gasteiger partial charge in [0.2, 0.25) is 0 Å². The van der Waals surface area contributed by atoms with Crippen molar-refractivity contribution in [3.8, 4) is 0 Å². The van der Waals surface area contributed by atoms with Gasteiger partial charge in [-0.3, -0.25) is 4.98 Å². The van der Waals surface area contributed by atoms with Crippen LogP contribution >= 0.6 is 36.4 Å². The van der Waals surface area contributed by atoms with Crippen LogP contribution in [0.2, 0.25) is 5.02 Å². The van der Waals surface area contributed by atoms with E-state index < -0.39 is 0 Å². The van der Waals surface area contributed by atoms with E-state index in [0.29, 0.717) is 17.2 Å². The molecule has 1 aromatic heterocycles. The minimum Gasteiger partial charge on any atom is -0.462 e. The summed E-state index contributed by atoms with van der Waals surface area (Å²) in [5.41, 5.74) is 3.96. The van der Waals surface area contributed by atoms with Crippen molar-refractivity contribution >= 4 is 64.7 Å². The molecule has 0 saturated carbocycles. The summed E-state index contributed by atoms with van der Waals surface area (Å²) in [5, 5.41) is 4.93. The topological polar surface area (TPSA) is 51.2 Å². The number of ether oxygens (including phenoxy) is 1. The number of esters is 1. The lowest BCUT2D eigenvalue weighted by atomic mass is 10.1. The van der Waals surface area contributed by atoms with Crippen LogP contribution in [0.15, 0.2) is 48.5 Å². The molecule has 0 fully saturated rings. The maximum atomic E-state index is 11.7. The van der Waals surface area contributed by atoms with E-state index in [-0.39, 0.29) is 30.8 Å². The van der Waals surface area contributed by atoms with Gasteiger partial charge in [-0.2, -0.15) is 0 Å². The number of carbonyl (C=O) groups excluding carboxylic acids is 1. The lowest BCUT2D eigenvalue weighted by molar-refractivity contribution is 0.0526. The van der Waals surface area contributed by atoms with Crippen molar-refractivity contribution in [2.24, 2.45) is 0 Å². The van der Waals surface area contributed by atoms with Crippen molar-refractivity contribution in [2.75, 3.05) is 11.9 Å². The van der Waals surface area contributed by atoms with Crippen LogP contribution in [-0.2, 0) is 4.74 Å². The number of nitrogens with one attached hydrogen (secondary N) is 1. The molecule has 0 aliphatic rings. The van der Waals surface area contributed by atoms with E-state index in [1.165, 1.54) is 0 Å². The Morgan fingerprint density at radius 1 is 1.15 bits per heavy atom. The summed E-state index contributed by atoms with van der Waals surface area (Å²) in [6, 6.07) is 14.8. The van der Waals surface area contributed by atoms with Crippen molar-refractivity contribution in [1.29, 1.82) is 0 Å². The van der Waals surface area contributed by atoms with Crippen molar-refractivity contribution < 1.29 is 9.53 Å². The maximum absolute atomic E-state index is 11.7. The molecule has 26 heavy (non-hydrogen) atoms. The first-order valence-corrected chi connectivity index (χ1v) is 8.06. The highest BCUT2D eigenvalue weighted by molar-refractivity contribution is 6.35. The average Bonchev–Trinajstić information content (AvgIpc) is 2.57. The third-order valence-electron chi connectivity index (χ3n) is 3.59. The predicted octanol–water partition coefficient (Wildman–Crippen LogP) is 5.96. The zero-order chi connectivity index (χ0) is 17.1. The molecule has 1 heterocycles. The Morgan fingerprint density at radius 2 is 1.85 bits per heavy atom. The summed E-state index contributed by atoms with van der Waals surface area (Å²) < 4.78 is 4.99. The number of anilines is 2. The second-order valence-electron chi connectivity index (χ2n) is 5.37. The van der Waals surface area contributed by atoms with Crippen LogP contribution < -0.4 is 5.32 Å². The van der Waals surface area contributed by atoms with Gasteiger partial charge in [-0.25, -0.2) is 4.79 Å². The van der Waals surface area contributed by atoms with E-state index >= 15 is 0 Å². The number of aryl methyl sites for hydroxylation is 1. The number of aromatic nitrogens is 1. The third kappa shape index (κ3) is 4.79. The number of hydrogen-bond acceptors (Lipinski definition) is 4. The van der Waals surface area contributed by atoms with E-state index in [4.69, 9.17) is 16.3 Å². The molecule has 0 bridgehead atoms. The van der Waals surface area contributed by atoms with Gasteiger partial charge in [0.25, 0.3) is 0 Å². The van der Waals surface area contributed by atoms with Crippen LogP contribution in [0.25, 0.3) is 10.9 Å². The quantitative estimate of drug-likeness (QED) is 0.536. The first kappa shape index (κ1) is 22.0. The second-order valence-corrected chi connectivity index (χ2v) is 5.78. The molecule has 2 aromatic carbocycles. The molecular formula is C19H19Cl3N2O2. The van der Waals surface area contributed by atoms with E-state index in [1.54, 1.807) is 19.1 Å². The maximum Gasteiger partial charge on any atom is 0.338 e. The molecule has 3 aromatic rings. The molecule has 138 valence electrons. The normalized spacial score (nSPS) is 9.81. The molecule has 4 nitrogen and oxygen atoms in total. The summed E-state index contributed by atoms with van der Waals surface area (Å²) in [6.45, 7) is 4.08. The second kappa shape index (κ2) is 9.62. The monoisotopic (exact) mass is 412 g/mol. The molecule has 0 saturated heterocycles. The van der Waals surface area contributed by atoms with Crippen LogP contribution in [-0.4, -0.2) is 17.6 Å². The number of para-hydroxylation sites is 1. The highest BCUT2D eigenvalue weighted by Gasteiger charge is 2.09. The lowest BCUT2D eigenvalue weighted by Gasteiger charge is -2.12. The van der Waals surface area contributed by atoms with Gasteiger partial charge < -0.3 is 10.1 Å². The third-order valence-corrected chi connectivity index (χ3v) is 3.90. The van der Waals surface area contributed by atoms with Gasteiger partial charge in [-0.05, 0) is 50.2 Å². The molecule has 0 amide bonds. The van der Waals surface area contributed by atoms with Gasteiger partial charge >= 0.3 is 5.97 Å². The van der Waals surface area contributed by atoms with Crippen molar-refractivity contribution in [3.05, 3.63) is 64.8 Å². The Labute approximate surface area is 169 Å². The highest BCUT2D eigenvalue weighted by Crippen LogP contribution is 2.30. The van der Waals surface area contributed by atoms with Crippen molar-refractivity contribution in [1.82, 2.24) is 4.98 Å². The molecule has 0 aliphatic heterocycles. The first-order valence-electron chi connectivity index (χ1n) is 7.68. The largest absolute Gasteiger partial charge is 0.462 e. The van der Waals surface area contributed by atoms with Crippen LogP contribution in [0, 0.1) is 6.92 Å². The zero-order valence-electron chi connectivity index (χ0n) is 14.3. The average molecular weight is 414 g/mol. The Kier molecular flexibility index (Phi) is 8.15. The van der Waals surface area contributed by atoms with Crippen LogP contribution in [0.1, 0.15) is 23.0 Å². The smallest absolute Gasteiger partial charge is 0.338 e. The van der Waals surface area contributed by atoms with Gasteiger partial charge in [0.05, 0.1) is 22.7 Å². The van der Waals surface area contributed by atoms with Crippen LogP contribution in [0.3, 0.4) is 0 Å². The van der Waals surface area contributed by atoms with Crippen LogP contribution in [0.4, 0.5) is 11.4 Å². The molecule has 7 heteroatoms. The van der Waals surface area contributed by atoms with Gasteiger partial charge in [0.15, 0.2) is 0 Å². The number of carbonyl (C=O) groups is 1. The minimum absolute atomic E-state index is 0. The zero-order valence-corrected chi connectivity index (χ0v) is 16.7. The Morgan fingerprint density at radius 3 is 2.50 bits per heavy atom. The molecule has 0 radical (unpaired) electrons. The Balaban J connectivity index is 0.00000169. The molecule has 3 rings (SSSR count). The SMILES string of the molecule is CCOC(=O)c1ccc(Nc2cc(C)nc3c(Cl)cccc23)cc1.Cl.Cl. The van der Waals surface area contributed by atoms with Gasteiger partial charge in [0, 0.05) is 22.5 Å². The Hall–Kier alpha value is -2.01. The number of hydrogen-bond donors (Lipinski definition) is 1. The number of nitrogens with zero attached hydrogens (tertiary/aromatic N) is 1. The fourth-order valence-electron chi connectivity index (χ4n) is 2.50. The molecule has 0 spiro atoms. The number of halogens is 3. The summed E-state index contributed by atoms with van der Waals surface area (Å²) in [6.07, 6.45) is 0. The molecular weight excluding hydrogens is 395 g/mol. The molecule has 1 N–H and O–H groups in total. The minimum atomic E-state index is -0.318. The standard InChI is InChI=1S/C19H17ClN2O2.2ClH/c1-3-24-19(23)13-7-9-14(10-8-13)22-17-11-12(2)21-18-15(17)5-4-6-16(18)20;;/h4-11H,3H2,1-2H3,(H,21,22);2*1H. The molecule has 0 aliphatic carbocycles. The van der Waals surface area contributed by atoms with E-state index in [0.717, 1.165) is 28.0 Å². The van der Waals surface area contributed by atoms with E-state index in [1.807, 2.05) is 43.3 Å². The van der Waals surface area contributed by atoms with Gasteiger partial charge in [0.1, 0.15) is 0 Å². The van der Waals surface area contributed by atoms with E-state index in [2.05, 4.69) is 10.3 Å². The van der Waals surface area contributed by atoms with Gasteiger partial charge in [-0.1, -0.05) is 23.7 Å². The number of rotatable bonds is 4. The molecule has 0 atom stereocenters. The fraction of sp³-hybridized carbons (Fsp3) is 0.158. The van der Waals surface area contributed by atoms with Crippen molar-refractivity contribution in [2.45, 2.75) is 13.8 Å². The summed E-state index contributed by atoms with van der Waals surface area (Å²) in [7, 11) is 0. The summed E-state index contributed by atoms with van der Waals surface area (Å²) >= 11 is 6.25. The summed E-state index contributed by atoms with van der Waals surface area (Å²) in [4.78, 5) is 16.2. The number of fused-ring (bicyclic) bond motifs is 1. The predicted molar refractivity (Wildman–Crippen MR) is 112 cm³/mol. The fourth-order valence-corrected chi connectivity index (χ4v) is 2.72. The number of benzene rings is 2. The van der Waals surface area contributed by atoms with Crippen LogP contribution in [0.5, 0.6) is 0 Å². The van der Waals surface area contributed by atoms with Gasteiger partial charge in [-0.15, -0.1) is 24.8 Å². The first-order chi connectivity index (χ1) is 11.6. The molecule has 0 unspecified atom stereocenters. The van der Waals surface area contributed by atoms with Crippen molar-refractivity contribution in [3.63, 3.8) is 0 Å². The Bertz CT molecular complexity index is 899. The number of pyridine rings is 1. The van der Waals surface area contributed by atoms with E-state index in [9.17, 15) is 4.79 Å². The summed E-state index contributed by atoms with van der Waals surface area (Å²) in [5.74, 6) is -0.318. The highest BCUT2D eigenvalue weighted by atomic mass is 35.5. The lowest BCUT2D eigenvalue weighted by Crippen LogP contribution is -2.04.